The van der Waals surface area contributed by atoms with E-state index in [1.54, 1.807) is 4.90 Å². The van der Waals surface area contributed by atoms with Crippen LogP contribution in [0.15, 0.2) is 24.3 Å². The van der Waals surface area contributed by atoms with Gasteiger partial charge in [0.05, 0.1) is 6.10 Å². The predicted molar refractivity (Wildman–Crippen MR) is 85.5 cm³/mol. The van der Waals surface area contributed by atoms with Crippen LogP contribution in [0, 0.1) is 6.92 Å². The number of hydrogen-bond acceptors (Lipinski definition) is 3. The molecule has 0 aromatic heterocycles. The third-order valence-electron chi connectivity index (χ3n) is 4.00. The monoisotopic (exact) mass is 290 g/mol. The van der Waals surface area contributed by atoms with Crippen molar-refractivity contribution in [1.29, 1.82) is 0 Å². The zero-order valence-corrected chi connectivity index (χ0v) is 13.2. The second-order valence-electron chi connectivity index (χ2n) is 6.18. The molecular weight excluding hydrogens is 264 g/mol. The largest absolute Gasteiger partial charge is 0.389 e. The van der Waals surface area contributed by atoms with Crippen molar-refractivity contribution in [2.24, 2.45) is 0 Å². The Balaban J connectivity index is 1.99. The summed E-state index contributed by atoms with van der Waals surface area (Å²) < 4.78 is 0. The molecule has 4 nitrogen and oxygen atoms in total. The van der Waals surface area contributed by atoms with Crippen LogP contribution in [0.25, 0.3) is 0 Å². The Labute approximate surface area is 127 Å². The van der Waals surface area contributed by atoms with Gasteiger partial charge in [-0.25, -0.2) is 0 Å². The average molecular weight is 290 g/mol. The molecule has 0 radical (unpaired) electrons. The van der Waals surface area contributed by atoms with Crippen LogP contribution >= 0.6 is 0 Å². The van der Waals surface area contributed by atoms with Crippen molar-refractivity contribution in [2.45, 2.75) is 45.8 Å². The highest BCUT2D eigenvalue weighted by molar-refractivity contribution is 5.78. The maximum Gasteiger partial charge on any atom is 0.222 e. The van der Waals surface area contributed by atoms with E-state index >= 15 is 0 Å². The Kier molecular flexibility index (Phi) is 5.23. The average Bonchev–Trinajstić information content (AvgIpc) is 2.82. The lowest BCUT2D eigenvalue weighted by Gasteiger charge is -2.32. The lowest BCUT2D eigenvalue weighted by Crippen LogP contribution is -2.43. The van der Waals surface area contributed by atoms with E-state index < -0.39 is 6.10 Å². The summed E-state index contributed by atoms with van der Waals surface area (Å²) in [4.78, 5) is 15.6. The molecule has 1 aromatic carbocycles. The highest BCUT2D eigenvalue weighted by Gasteiger charge is 2.24. The van der Waals surface area contributed by atoms with E-state index in [2.05, 4.69) is 49.9 Å². The van der Waals surface area contributed by atoms with Gasteiger partial charge in [-0.15, -0.1) is 0 Å². The molecule has 1 aromatic rings. The number of amides is 1. The highest BCUT2D eigenvalue weighted by Crippen LogP contribution is 2.19. The SMILES string of the molecule is Cc1ccc(N(CC(O)CN2CCCC2=O)C(C)C)cc1. The first-order chi connectivity index (χ1) is 9.97. The van der Waals surface area contributed by atoms with Gasteiger partial charge in [-0.3, -0.25) is 4.79 Å². The lowest BCUT2D eigenvalue weighted by atomic mass is 10.1. The van der Waals surface area contributed by atoms with Crippen molar-refractivity contribution in [2.75, 3.05) is 24.5 Å². The lowest BCUT2D eigenvalue weighted by molar-refractivity contribution is -0.128. The number of nitrogens with zero attached hydrogens (tertiary/aromatic N) is 2. The van der Waals surface area contributed by atoms with Gasteiger partial charge in [0.1, 0.15) is 0 Å². The second kappa shape index (κ2) is 6.94. The van der Waals surface area contributed by atoms with Crippen molar-refractivity contribution in [3.63, 3.8) is 0 Å². The third kappa shape index (κ3) is 4.21. The summed E-state index contributed by atoms with van der Waals surface area (Å²) >= 11 is 0. The van der Waals surface area contributed by atoms with Crippen LogP contribution in [-0.4, -0.2) is 47.7 Å². The van der Waals surface area contributed by atoms with Crippen LogP contribution in [0.3, 0.4) is 0 Å². The Morgan fingerprint density at radius 1 is 1.29 bits per heavy atom. The van der Waals surface area contributed by atoms with E-state index in [9.17, 15) is 9.90 Å². The molecule has 0 aliphatic carbocycles. The summed E-state index contributed by atoms with van der Waals surface area (Å²) in [6.45, 7) is 8.07. The predicted octanol–water partition coefficient (Wildman–Crippen LogP) is 2.19. The summed E-state index contributed by atoms with van der Waals surface area (Å²) in [6, 6.07) is 8.64. The number of rotatable bonds is 6. The van der Waals surface area contributed by atoms with Crippen molar-refractivity contribution in [3.8, 4) is 0 Å². The van der Waals surface area contributed by atoms with Gasteiger partial charge in [0.25, 0.3) is 0 Å². The number of aliphatic hydroxyl groups excluding tert-OH is 1. The van der Waals surface area contributed by atoms with E-state index in [1.807, 2.05) is 0 Å². The molecular formula is C17H26N2O2. The number of hydrogen-bond donors (Lipinski definition) is 1. The number of aryl methyl sites for hydroxylation is 1. The van der Waals surface area contributed by atoms with Crippen molar-refractivity contribution >= 4 is 11.6 Å². The minimum absolute atomic E-state index is 0.167. The Bertz CT molecular complexity index is 470. The molecule has 116 valence electrons. The maximum absolute atomic E-state index is 11.6. The van der Waals surface area contributed by atoms with Gasteiger partial charge in [-0.05, 0) is 39.3 Å². The van der Waals surface area contributed by atoms with Crippen molar-refractivity contribution in [3.05, 3.63) is 29.8 Å². The van der Waals surface area contributed by atoms with Crippen LogP contribution in [0.1, 0.15) is 32.3 Å². The van der Waals surface area contributed by atoms with Gasteiger partial charge in [-0.2, -0.15) is 0 Å². The van der Waals surface area contributed by atoms with Crippen LogP contribution < -0.4 is 4.90 Å². The summed E-state index contributed by atoms with van der Waals surface area (Å²) in [5, 5.41) is 10.3. The topological polar surface area (TPSA) is 43.8 Å². The van der Waals surface area contributed by atoms with Crippen LogP contribution in [-0.2, 0) is 4.79 Å². The second-order valence-corrected chi connectivity index (χ2v) is 6.18. The minimum atomic E-state index is -0.518. The first kappa shape index (κ1) is 15.8. The number of carbonyl (C=O) groups excluding carboxylic acids is 1. The fourth-order valence-electron chi connectivity index (χ4n) is 2.79. The van der Waals surface area contributed by atoms with Crippen LogP contribution in [0.5, 0.6) is 0 Å². The van der Waals surface area contributed by atoms with E-state index in [4.69, 9.17) is 0 Å². The zero-order chi connectivity index (χ0) is 15.4. The zero-order valence-electron chi connectivity index (χ0n) is 13.2. The van der Waals surface area contributed by atoms with Gasteiger partial charge >= 0.3 is 0 Å². The third-order valence-corrected chi connectivity index (χ3v) is 4.00. The highest BCUT2D eigenvalue weighted by atomic mass is 16.3. The molecule has 1 unspecified atom stereocenters. The molecule has 4 heteroatoms. The van der Waals surface area contributed by atoms with Gasteiger partial charge < -0.3 is 14.9 Å². The summed E-state index contributed by atoms with van der Waals surface area (Å²) in [5.41, 5.74) is 2.34. The molecule has 0 saturated carbocycles. The summed E-state index contributed by atoms with van der Waals surface area (Å²) in [7, 11) is 0. The van der Waals surface area contributed by atoms with E-state index in [0.29, 0.717) is 25.6 Å². The number of β-amino-alcohol motifs (C(OH)–C–C–N with tert-alkyl or cyclic N) is 1. The first-order valence-corrected chi connectivity index (χ1v) is 7.76. The van der Waals surface area contributed by atoms with Crippen molar-refractivity contribution < 1.29 is 9.90 Å². The molecule has 1 aliphatic heterocycles. The summed E-state index contributed by atoms with van der Waals surface area (Å²) in [5.74, 6) is 0.167. The molecule has 1 saturated heterocycles. The molecule has 2 rings (SSSR count). The Hall–Kier alpha value is -1.55. The van der Waals surface area contributed by atoms with E-state index in [-0.39, 0.29) is 5.91 Å². The molecule has 1 aliphatic rings. The fraction of sp³-hybridized carbons (Fsp3) is 0.588. The number of aliphatic hydroxyl groups is 1. The van der Waals surface area contributed by atoms with Gasteiger partial charge in [0.2, 0.25) is 5.91 Å². The maximum atomic E-state index is 11.6. The normalized spacial score (nSPS) is 16.6. The number of anilines is 1. The minimum Gasteiger partial charge on any atom is -0.389 e. The smallest absolute Gasteiger partial charge is 0.222 e. The molecule has 0 bridgehead atoms. The molecule has 1 atom stereocenters. The van der Waals surface area contributed by atoms with Crippen molar-refractivity contribution in [1.82, 2.24) is 4.90 Å². The van der Waals surface area contributed by atoms with E-state index in [1.165, 1.54) is 5.56 Å². The quantitative estimate of drug-likeness (QED) is 0.873. The molecule has 1 heterocycles. The molecule has 21 heavy (non-hydrogen) atoms. The molecule has 1 N–H and O–H groups in total. The molecule has 1 amide bonds. The van der Waals surface area contributed by atoms with Crippen LogP contribution in [0.4, 0.5) is 5.69 Å². The Morgan fingerprint density at radius 2 is 1.95 bits per heavy atom. The number of likely N-dealkylation sites (tertiary alicyclic amines) is 1. The summed E-state index contributed by atoms with van der Waals surface area (Å²) in [6.07, 6.45) is 1.02. The van der Waals surface area contributed by atoms with Gasteiger partial charge in [0, 0.05) is 37.8 Å². The van der Waals surface area contributed by atoms with Gasteiger partial charge in [-0.1, -0.05) is 17.7 Å². The Morgan fingerprint density at radius 3 is 2.48 bits per heavy atom. The number of benzene rings is 1. The fourth-order valence-corrected chi connectivity index (χ4v) is 2.79. The number of carbonyl (C=O) groups is 1. The standard InChI is InChI=1S/C17H26N2O2/c1-13(2)19(15-8-6-14(3)7-9-15)12-16(20)11-18-10-4-5-17(18)21/h6-9,13,16,20H,4-5,10-12H2,1-3H3. The first-order valence-electron chi connectivity index (χ1n) is 7.76. The molecule has 1 fully saturated rings. The van der Waals surface area contributed by atoms with Gasteiger partial charge in [0.15, 0.2) is 0 Å². The van der Waals surface area contributed by atoms with E-state index in [0.717, 1.165) is 18.7 Å². The molecule has 0 spiro atoms. The van der Waals surface area contributed by atoms with Crippen LogP contribution in [0.2, 0.25) is 0 Å².